The van der Waals surface area contributed by atoms with Crippen molar-refractivity contribution in [2.45, 2.75) is 26.4 Å². The van der Waals surface area contributed by atoms with Gasteiger partial charge in [-0.15, -0.1) is 0 Å². The van der Waals surface area contributed by atoms with Gasteiger partial charge in [-0.3, -0.25) is 9.69 Å². The van der Waals surface area contributed by atoms with Gasteiger partial charge in [-0.05, 0) is 18.5 Å². The molecule has 1 aromatic carbocycles. The third kappa shape index (κ3) is 3.35. The molecular weight excluding hydrogens is 202 g/mol. The Kier molecular flexibility index (Phi) is 4.50. The lowest BCUT2D eigenvalue weighted by atomic mass is 10.0. The number of likely N-dealkylation sites (N-methyl/N-ethyl adjacent to an activating group) is 1. The van der Waals surface area contributed by atoms with Gasteiger partial charge in [-0.2, -0.15) is 0 Å². The van der Waals surface area contributed by atoms with E-state index < -0.39 is 12.0 Å². The number of carbonyl (C=O) groups is 1. The van der Waals surface area contributed by atoms with Crippen LogP contribution in [0.1, 0.15) is 19.4 Å². The Balaban J connectivity index is 2.70. The maximum atomic E-state index is 11.1. The van der Waals surface area contributed by atoms with E-state index in [0.29, 0.717) is 6.54 Å². The molecule has 0 amide bonds. The molecule has 0 aliphatic carbocycles. The van der Waals surface area contributed by atoms with E-state index in [1.54, 1.807) is 0 Å². The molecule has 3 nitrogen and oxygen atoms in total. The Morgan fingerprint density at radius 2 is 1.88 bits per heavy atom. The highest BCUT2D eigenvalue weighted by molar-refractivity contribution is 5.73. The maximum Gasteiger partial charge on any atom is 0.321 e. The molecule has 1 N–H and O–H groups in total. The van der Waals surface area contributed by atoms with E-state index in [1.807, 2.05) is 56.1 Å². The van der Waals surface area contributed by atoms with Crippen LogP contribution in [0.5, 0.6) is 0 Å². The molecule has 3 heteroatoms. The van der Waals surface area contributed by atoms with Crippen molar-refractivity contribution in [3.8, 4) is 0 Å². The number of carboxylic acid groups (broad SMARTS) is 1. The summed E-state index contributed by atoms with van der Waals surface area (Å²) in [5.41, 5.74) is 1.14. The van der Waals surface area contributed by atoms with Gasteiger partial charge >= 0.3 is 5.97 Å². The number of rotatable bonds is 5. The van der Waals surface area contributed by atoms with Gasteiger partial charge in [0.2, 0.25) is 0 Å². The summed E-state index contributed by atoms with van der Waals surface area (Å²) in [4.78, 5) is 13.0. The third-order valence-corrected chi connectivity index (χ3v) is 2.63. The van der Waals surface area contributed by atoms with Crippen LogP contribution in [0.3, 0.4) is 0 Å². The first-order chi connectivity index (χ1) is 7.52. The minimum Gasteiger partial charge on any atom is -0.480 e. The van der Waals surface area contributed by atoms with Gasteiger partial charge in [0.25, 0.3) is 0 Å². The van der Waals surface area contributed by atoms with Gasteiger partial charge in [0, 0.05) is 6.54 Å². The predicted octanol–water partition coefficient (Wildman–Crippen LogP) is 2.23. The van der Waals surface area contributed by atoms with E-state index in [9.17, 15) is 4.79 Å². The first-order valence-electron chi connectivity index (χ1n) is 5.49. The molecule has 88 valence electrons. The molecule has 1 aromatic rings. The summed E-state index contributed by atoms with van der Waals surface area (Å²) in [5, 5.41) is 9.15. The molecule has 1 rings (SSSR count). The van der Waals surface area contributed by atoms with Crippen LogP contribution < -0.4 is 0 Å². The second kappa shape index (κ2) is 5.66. The fourth-order valence-electron chi connectivity index (χ4n) is 1.95. The molecule has 0 spiro atoms. The Labute approximate surface area is 96.7 Å². The number of aliphatic carboxylic acids is 1. The Morgan fingerprint density at radius 1 is 1.31 bits per heavy atom. The number of hydrogen-bond donors (Lipinski definition) is 1. The van der Waals surface area contributed by atoms with Crippen LogP contribution in [-0.2, 0) is 11.3 Å². The van der Waals surface area contributed by atoms with Crippen molar-refractivity contribution in [3.05, 3.63) is 35.9 Å². The van der Waals surface area contributed by atoms with Crippen molar-refractivity contribution in [3.63, 3.8) is 0 Å². The van der Waals surface area contributed by atoms with E-state index >= 15 is 0 Å². The smallest absolute Gasteiger partial charge is 0.321 e. The molecule has 0 fully saturated rings. The van der Waals surface area contributed by atoms with E-state index in [0.717, 1.165) is 5.56 Å². The number of hydrogen-bond acceptors (Lipinski definition) is 2. The quantitative estimate of drug-likeness (QED) is 0.829. The second-order valence-corrected chi connectivity index (χ2v) is 4.43. The SMILES string of the molecule is CC(C)C(C(=O)O)N(C)Cc1ccccc1. The molecular formula is C13H19NO2. The Hall–Kier alpha value is -1.35. The predicted molar refractivity (Wildman–Crippen MR) is 64.2 cm³/mol. The lowest BCUT2D eigenvalue weighted by molar-refractivity contribution is -0.144. The molecule has 0 aliphatic heterocycles. The fourth-order valence-corrected chi connectivity index (χ4v) is 1.95. The largest absolute Gasteiger partial charge is 0.480 e. The zero-order valence-corrected chi connectivity index (χ0v) is 10.1. The summed E-state index contributed by atoms with van der Waals surface area (Å²) in [6.07, 6.45) is 0. The number of benzene rings is 1. The van der Waals surface area contributed by atoms with E-state index in [1.165, 1.54) is 0 Å². The van der Waals surface area contributed by atoms with Crippen molar-refractivity contribution < 1.29 is 9.90 Å². The highest BCUT2D eigenvalue weighted by atomic mass is 16.4. The fraction of sp³-hybridized carbons (Fsp3) is 0.462. The molecule has 0 bridgehead atoms. The normalized spacial score (nSPS) is 13.1. The van der Waals surface area contributed by atoms with Crippen LogP contribution in [-0.4, -0.2) is 29.1 Å². The standard InChI is InChI=1S/C13H19NO2/c1-10(2)12(13(15)16)14(3)9-11-7-5-4-6-8-11/h4-8,10,12H,9H2,1-3H3,(H,15,16). The third-order valence-electron chi connectivity index (χ3n) is 2.63. The maximum absolute atomic E-state index is 11.1. The molecule has 1 unspecified atom stereocenters. The van der Waals surface area contributed by atoms with Gasteiger partial charge < -0.3 is 5.11 Å². The average Bonchev–Trinajstić information content (AvgIpc) is 2.17. The lowest BCUT2D eigenvalue weighted by Crippen LogP contribution is -2.41. The highest BCUT2D eigenvalue weighted by Crippen LogP contribution is 2.13. The van der Waals surface area contributed by atoms with E-state index in [2.05, 4.69) is 0 Å². The first-order valence-corrected chi connectivity index (χ1v) is 5.49. The van der Waals surface area contributed by atoms with Crippen LogP contribution in [0, 0.1) is 5.92 Å². The van der Waals surface area contributed by atoms with Crippen LogP contribution >= 0.6 is 0 Å². The summed E-state index contributed by atoms with van der Waals surface area (Å²) in [5.74, 6) is -0.653. The summed E-state index contributed by atoms with van der Waals surface area (Å²) < 4.78 is 0. The van der Waals surface area contributed by atoms with Crippen LogP contribution in [0.25, 0.3) is 0 Å². The van der Waals surface area contributed by atoms with Gasteiger partial charge in [0.1, 0.15) is 6.04 Å². The van der Waals surface area contributed by atoms with Crippen LogP contribution in [0.2, 0.25) is 0 Å². The average molecular weight is 221 g/mol. The molecule has 0 radical (unpaired) electrons. The zero-order valence-electron chi connectivity index (χ0n) is 10.1. The number of carboxylic acids is 1. The van der Waals surface area contributed by atoms with E-state index in [-0.39, 0.29) is 5.92 Å². The Bertz CT molecular complexity index is 335. The zero-order chi connectivity index (χ0) is 12.1. The minimum absolute atomic E-state index is 0.103. The summed E-state index contributed by atoms with van der Waals surface area (Å²) in [7, 11) is 1.85. The monoisotopic (exact) mass is 221 g/mol. The topological polar surface area (TPSA) is 40.5 Å². The van der Waals surface area contributed by atoms with Gasteiger partial charge in [-0.1, -0.05) is 44.2 Å². The van der Waals surface area contributed by atoms with Gasteiger partial charge in [-0.25, -0.2) is 0 Å². The molecule has 16 heavy (non-hydrogen) atoms. The molecule has 0 saturated carbocycles. The second-order valence-electron chi connectivity index (χ2n) is 4.43. The molecule has 0 heterocycles. The minimum atomic E-state index is -0.756. The number of nitrogens with zero attached hydrogens (tertiary/aromatic N) is 1. The first kappa shape index (κ1) is 12.7. The lowest BCUT2D eigenvalue weighted by Gasteiger charge is -2.27. The Morgan fingerprint density at radius 3 is 2.31 bits per heavy atom. The van der Waals surface area contributed by atoms with Crippen molar-refractivity contribution >= 4 is 5.97 Å². The van der Waals surface area contributed by atoms with E-state index in [4.69, 9.17) is 5.11 Å². The van der Waals surface area contributed by atoms with Gasteiger partial charge in [0.15, 0.2) is 0 Å². The van der Waals surface area contributed by atoms with Crippen molar-refractivity contribution in [2.75, 3.05) is 7.05 Å². The van der Waals surface area contributed by atoms with Crippen molar-refractivity contribution in [1.29, 1.82) is 0 Å². The van der Waals surface area contributed by atoms with Gasteiger partial charge in [0.05, 0.1) is 0 Å². The van der Waals surface area contributed by atoms with Crippen LogP contribution in [0.15, 0.2) is 30.3 Å². The molecule has 0 aromatic heterocycles. The molecule has 0 saturated heterocycles. The molecule has 1 atom stereocenters. The highest BCUT2D eigenvalue weighted by Gasteiger charge is 2.25. The van der Waals surface area contributed by atoms with Crippen molar-refractivity contribution in [1.82, 2.24) is 4.90 Å². The van der Waals surface area contributed by atoms with Crippen LogP contribution in [0.4, 0.5) is 0 Å². The summed E-state index contributed by atoms with van der Waals surface area (Å²) in [6, 6.07) is 9.48. The van der Waals surface area contributed by atoms with Crippen molar-refractivity contribution in [2.24, 2.45) is 5.92 Å². The summed E-state index contributed by atoms with van der Waals surface area (Å²) >= 11 is 0. The summed E-state index contributed by atoms with van der Waals surface area (Å²) in [6.45, 7) is 4.52. The molecule has 0 aliphatic rings.